The van der Waals surface area contributed by atoms with Crippen molar-refractivity contribution in [3.8, 4) is 11.6 Å². The van der Waals surface area contributed by atoms with Crippen molar-refractivity contribution in [1.82, 2.24) is 14.3 Å². The largest absolute Gasteiger partial charge is 0.497 e. The molecule has 1 amide bonds. The predicted molar refractivity (Wildman–Crippen MR) is 103 cm³/mol. The molecule has 0 unspecified atom stereocenters. The highest BCUT2D eigenvalue weighted by molar-refractivity contribution is 7.16. The Kier molecular flexibility index (Phi) is 5.92. The van der Waals surface area contributed by atoms with Crippen LogP contribution in [0.1, 0.15) is 17.3 Å². The fourth-order valence-corrected chi connectivity index (χ4v) is 3.78. The third kappa shape index (κ3) is 4.04. The van der Waals surface area contributed by atoms with Gasteiger partial charge in [-0.2, -0.15) is 4.99 Å². The van der Waals surface area contributed by atoms with Crippen molar-refractivity contribution in [3.63, 3.8) is 0 Å². The van der Waals surface area contributed by atoms with Gasteiger partial charge in [0.1, 0.15) is 11.3 Å². The van der Waals surface area contributed by atoms with E-state index in [1.54, 1.807) is 20.4 Å². The SMILES string of the molecule is CCOCCn1c(=NC(=O)c2cn(C)nc2OC)sc2cc(OC)ccc21. The molecule has 3 rings (SSSR count). The third-order valence-corrected chi connectivity index (χ3v) is 5.01. The number of amides is 1. The molecule has 9 heteroatoms. The van der Waals surface area contributed by atoms with Crippen LogP contribution < -0.4 is 14.3 Å². The minimum Gasteiger partial charge on any atom is -0.497 e. The number of aromatic nitrogens is 3. The van der Waals surface area contributed by atoms with Gasteiger partial charge in [0.15, 0.2) is 4.80 Å². The first-order chi connectivity index (χ1) is 13.1. The van der Waals surface area contributed by atoms with Crippen LogP contribution in [0.3, 0.4) is 0 Å². The number of aryl methyl sites for hydroxylation is 1. The van der Waals surface area contributed by atoms with Crippen LogP contribution in [0, 0.1) is 0 Å². The number of thiazole rings is 1. The van der Waals surface area contributed by atoms with Gasteiger partial charge in [-0.05, 0) is 25.1 Å². The van der Waals surface area contributed by atoms with Gasteiger partial charge in [-0.15, -0.1) is 5.10 Å². The molecule has 2 heterocycles. The number of rotatable bonds is 7. The molecule has 0 spiro atoms. The number of fused-ring (bicyclic) bond motifs is 1. The zero-order valence-electron chi connectivity index (χ0n) is 15.8. The molecule has 8 nitrogen and oxygen atoms in total. The summed E-state index contributed by atoms with van der Waals surface area (Å²) in [6.07, 6.45) is 1.60. The van der Waals surface area contributed by atoms with E-state index in [4.69, 9.17) is 14.2 Å². The molecule has 0 aliphatic heterocycles. The second kappa shape index (κ2) is 8.36. The maximum absolute atomic E-state index is 12.7. The van der Waals surface area contributed by atoms with Crippen LogP contribution in [0.15, 0.2) is 29.4 Å². The van der Waals surface area contributed by atoms with Gasteiger partial charge in [0.25, 0.3) is 5.91 Å². The second-order valence-electron chi connectivity index (χ2n) is 5.71. The lowest BCUT2D eigenvalue weighted by Gasteiger charge is -2.06. The second-order valence-corrected chi connectivity index (χ2v) is 6.72. The highest BCUT2D eigenvalue weighted by atomic mass is 32.1. The number of methoxy groups -OCH3 is 2. The maximum atomic E-state index is 12.7. The Morgan fingerprint density at radius 2 is 2.11 bits per heavy atom. The predicted octanol–water partition coefficient (Wildman–Crippen LogP) is 2.23. The molecule has 0 radical (unpaired) electrons. The minimum absolute atomic E-state index is 0.259. The molecule has 2 aromatic heterocycles. The quantitative estimate of drug-likeness (QED) is 0.578. The average molecular weight is 390 g/mol. The lowest BCUT2D eigenvalue weighted by atomic mass is 10.3. The van der Waals surface area contributed by atoms with Crippen molar-refractivity contribution in [2.24, 2.45) is 12.0 Å². The van der Waals surface area contributed by atoms with E-state index in [0.717, 1.165) is 16.0 Å². The van der Waals surface area contributed by atoms with Gasteiger partial charge in [0, 0.05) is 26.4 Å². The monoisotopic (exact) mass is 390 g/mol. The number of benzene rings is 1. The molecule has 0 aliphatic rings. The van der Waals surface area contributed by atoms with Crippen LogP contribution >= 0.6 is 11.3 Å². The molecule has 0 atom stereocenters. The van der Waals surface area contributed by atoms with Crippen molar-refractivity contribution >= 4 is 27.5 Å². The normalized spacial score (nSPS) is 11.9. The van der Waals surface area contributed by atoms with Crippen LogP contribution in [0.2, 0.25) is 0 Å². The first-order valence-electron chi connectivity index (χ1n) is 8.49. The number of hydrogen-bond donors (Lipinski definition) is 0. The van der Waals surface area contributed by atoms with Crippen molar-refractivity contribution in [1.29, 1.82) is 0 Å². The van der Waals surface area contributed by atoms with Crippen molar-refractivity contribution in [3.05, 3.63) is 34.8 Å². The van der Waals surface area contributed by atoms with Crippen molar-refractivity contribution in [2.75, 3.05) is 27.4 Å². The first-order valence-corrected chi connectivity index (χ1v) is 9.30. The Morgan fingerprint density at radius 3 is 2.81 bits per heavy atom. The van der Waals surface area contributed by atoms with E-state index in [1.807, 2.05) is 29.7 Å². The first kappa shape index (κ1) is 19.1. The molecule has 0 fully saturated rings. The Morgan fingerprint density at radius 1 is 1.30 bits per heavy atom. The van der Waals surface area contributed by atoms with E-state index in [2.05, 4.69) is 10.1 Å². The fourth-order valence-electron chi connectivity index (χ4n) is 2.69. The summed E-state index contributed by atoms with van der Waals surface area (Å²) in [5.41, 5.74) is 1.30. The Balaban J connectivity index is 2.08. The summed E-state index contributed by atoms with van der Waals surface area (Å²) < 4.78 is 20.4. The topological polar surface area (TPSA) is 79.9 Å². The zero-order valence-corrected chi connectivity index (χ0v) is 16.6. The summed E-state index contributed by atoms with van der Waals surface area (Å²) in [7, 11) is 4.84. The Bertz CT molecular complexity index is 1020. The summed E-state index contributed by atoms with van der Waals surface area (Å²) >= 11 is 1.43. The molecule has 0 saturated heterocycles. The van der Waals surface area contributed by atoms with Gasteiger partial charge < -0.3 is 18.8 Å². The van der Waals surface area contributed by atoms with Crippen molar-refractivity contribution < 1.29 is 19.0 Å². The van der Waals surface area contributed by atoms with Crippen LogP contribution in [0.5, 0.6) is 11.6 Å². The van der Waals surface area contributed by atoms with Crippen molar-refractivity contribution in [2.45, 2.75) is 13.5 Å². The summed E-state index contributed by atoms with van der Waals surface area (Å²) in [5, 5.41) is 4.11. The van der Waals surface area contributed by atoms with E-state index in [-0.39, 0.29) is 5.88 Å². The van der Waals surface area contributed by atoms with Crippen LogP contribution in [0.4, 0.5) is 0 Å². The molecule has 0 N–H and O–H groups in total. The fraction of sp³-hybridized carbons (Fsp3) is 0.389. The highest BCUT2D eigenvalue weighted by Crippen LogP contribution is 2.23. The van der Waals surface area contributed by atoms with E-state index in [1.165, 1.54) is 23.1 Å². The van der Waals surface area contributed by atoms with Gasteiger partial charge in [0.2, 0.25) is 5.88 Å². The van der Waals surface area contributed by atoms with Gasteiger partial charge >= 0.3 is 0 Å². The summed E-state index contributed by atoms with van der Waals surface area (Å²) in [6, 6.07) is 5.79. The number of carbonyl (C=O) groups excluding carboxylic acids is 1. The Hall–Kier alpha value is -2.65. The highest BCUT2D eigenvalue weighted by Gasteiger charge is 2.17. The van der Waals surface area contributed by atoms with Crippen LogP contribution in [-0.2, 0) is 18.3 Å². The van der Waals surface area contributed by atoms with E-state index in [0.29, 0.717) is 30.1 Å². The number of nitrogens with zero attached hydrogens (tertiary/aromatic N) is 4. The van der Waals surface area contributed by atoms with Crippen LogP contribution in [-0.4, -0.2) is 47.7 Å². The molecule has 27 heavy (non-hydrogen) atoms. The molecule has 0 aliphatic carbocycles. The van der Waals surface area contributed by atoms with Gasteiger partial charge in [-0.1, -0.05) is 11.3 Å². The lowest BCUT2D eigenvalue weighted by molar-refractivity contribution is 0.0993. The third-order valence-electron chi connectivity index (χ3n) is 3.97. The molecule has 0 saturated carbocycles. The molecular formula is C18H22N4O4S. The molecule has 3 aromatic rings. The van der Waals surface area contributed by atoms with Gasteiger partial charge in [-0.3, -0.25) is 9.48 Å². The average Bonchev–Trinajstić information content (AvgIpc) is 3.21. The molecule has 1 aromatic carbocycles. The van der Waals surface area contributed by atoms with E-state index < -0.39 is 5.91 Å². The summed E-state index contributed by atoms with van der Waals surface area (Å²) in [4.78, 5) is 17.7. The number of hydrogen-bond acceptors (Lipinski definition) is 6. The van der Waals surface area contributed by atoms with Crippen LogP contribution in [0.25, 0.3) is 10.2 Å². The Labute approximate surface area is 160 Å². The smallest absolute Gasteiger partial charge is 0.286 e. The molecule has 0 bridgehead atoms. The standard InChI is InChI=1S/C18H22N4O4S/c1-5-26-9-8-22-14-7-6-12(24-3)10-15(14)27-18(22)19-16(23)13-11-21(2)20-17(13)25-4/h6-7,10-11H,5,8-9H2,1-4H3. The maximum Gasteiger partial charge on any atom is 0.286 e. The number of ether oxygens (including phenoxy) is 3. The zero-order chi connectivity index (χ0) is 19.4. The molecule has 144 valence electrons. The van der Waals surface area contributed by atoms with E-state index >= 15 is 0 Å². The summed E-state index contributed by atoms with van der Waals surface area (Å²) in [5.74, 6) is 0.617. The van der Waals surface area contributed by atoms with Gasteiger partial charge in [0.05, 0.1) is 31.0 Å². The van der Waals surface area contributed by atoms with Gasteiger partial charge in [-0.25, -0.2) is 0 Å². The summed E-state index contributed by atoms with van der Waals surface area (Å²) in [6.45, 7) is 3.71. The van der Waals surface area contributed by atoms with E-state index in [9.17, 15) is 4.79 Å². The molecular weight excluding hydrogens is 368 g/mol. The number of carbonyl (C=O) groups is 1. The lowest BCUT2D eigenvalue weighted by Crippen LogP contribution is -2.19. The minimum atomic E-state index is -0.399.